The van der Waals surface area contributed by atoms with Gasteiger partial charge in [0.1, 0.15) is 0 Å². The van der Waals surface area contributed by atoms with E-state index < -0.39 is 39.5 Å². The summed E-state index contributed by atoms with van der Waals surface area (Å²) in [4.78, 5) is 38.0. The number of carbonyl (C=O) groups excluding carboxylic acids is 3. The van der Waals surface area contributed by atoms with Gasteiger partial charge in [0, 0.05) is 32.1 Å². The smallest absolute Gasteiger partial charge is 0.287 e. The van der Waals surface area contributed by atoms with Crippen molar-refractivity contribution in [1.29, 1.82) is 0 Å². The number of ketones is 2. The molecule has 1 saturated heterocycles. The van der Waals surface area contributed by atoms with E-state index in [9.17, 15) is 22.8 Å². The molecule has 2 N–H and O–H groups in total. The molecule has 1 aliphatic heterocycles. The summed E-state index contributed by atoms with van der Waals surface area (Å²) in [6.07, 6.45) is 2.16. The molecule has 172 valence electrons. The molecule has 0 spiro atoms. The van der Waals surface area contributed by atoms with E-state index in [0.717, 1.165) is 6.42 Å². The van der Waals surface area contributed by atoms with Crippen LogP contribution in [0.1, 0.15) is 46.0 Å². The summed E-state index contributed by atoms with van der Waals surface area (Å²) in [6, 6.07) is 6.82. The number of sulfonamides is 1. The number of ether oxygens (including phenoxy) is 1. The summed E-state index contributed by atoms with van der Waals surface area (Å²) in [5.74, 6) is -2.83. The molecule has 0 aromatic heterocycles. The Balaban J connectivity index is 2.14. The second-order valence-corrected chi connectivity index (χ2v) is 9.82. The maximum Gasteiger partial charge on any atom is 0.287 e. The Bertz CT molecular complexity index is 854. The number of benzene rings is 1. The van der Waals surface area contributed by atoms with Crippen molar-refractivity contribution in [3.63, 3.8) is 0 Å². The average molecular weight is 453 g/mol. The summed E-state index contributed by atoms with van der Waals surface area (Å²) in [6.45, 7) is 4.89. The number of amides is 1. The third-order valence-corrected chi connectivity index (χ3v) is 6.69. The second kappa shape index (κ2) is 12.1. The van der Waals surface area contributed by atoms with Crippen LogP contribution in [0.5, 0.6) is 0 Å². The van der Waals surface area contributed by atoms with Crippen molar-refractivity contribution in [1.82, 2.24) is 10.0 Å². The number of hydrogen-bond acceptors (Lipinski definition) is 6. The highest BCUT2D eigenvalue weighted by Gasteiger charge is 2.33. The predicted molar refractivity (Wildman–Crippen MR) is 116 cm³/mol. The van der Waals surface area contributed by atoms with Crippen LogP contribution in [-0.4, -0.2) is 51.7 Å². The first kappa shape index (κ1) is 25.2. The minimum Gasteiger partial charge on any atom is -0.381 e. The summed E-state index contributed by atoms with van der Waals surface area (Å²) < 4.78 is 33.4. The van der Waals surface area contributed by atoms with Crippen LogP contribution >= 0.6 is 0 Å². The molecule has 8 nitrogen and oxygen atoms in total. The van der Waals surface area contributed by atoms with Gasteiger partial charge >= 0.3 is 0 Å². The van der Waals surface area contributed by atoms with Crippen molar-refractivity contribution in [2.24, 2.45) is 11.8 Å². The van der Waals surface area contributed by atoms with E-state index >= 15 is 0 Å². The third kappa shape index (κ3) is 7.83. The number of nitrogens with one attached hydrogen (secondary N) is 2. The summed E-state index contributed by atoms with van der Waals surface area (Å²) in [5, 5.41) is 2.57. The maximum atomic E-state index is 13.1. The van der Waals surface area contributed by atoms with Crippen molar-refractivity contribution in [3.05, 3.63) is 30.3 Å². The van der Waals surface area contributed by atoms with Gasteiger partial charge in [-0.3, -0.25) is 14.4 Å². The molecule has 1 aromatic carbocycles. The molecule has 0 saturated carbocycles. The molecule has 1 aromatic rings. The van der Waals surface area contributed by atoms with Crippen LogP contribution in [0, 0.1) is 11.8 Å². The number of rotatable bonds is 7. The molecule has 2 atom stereocenters. The molecule has 0 bridgehead atoms. The van der Waals surface area contributed by atoms with Crippen LogP contribution in [0.4, 0.5) is 0 Å². The van der Waals surface area contributed by atoms with Gasteiger partial charge in [-0.05, 0) is 37.3 Å². The van der Waals surface area contributed by atoms with Crippen LogP contribution in [0.15, 0.2) is 35.2 Å². The fourth-order valence-electron chi connectivity index (χ4n) is 3.45. The minimum atomic E-state index is -3.90. The molecule has 1 fully saturated rings. The maximum absolute atomic E-state index is 13.1. The molecule has 1 amide bonds. The zero-order chi connectivity index (χ0) is 22.9. The number of Topliss-reactive ketones (excluding diaryl/α,β-unsaturated/α-hetero) is 2. The molecular formula is C22H32N2O6S. The quantitative estimate of drug-likeness (QED) is 0.610. The fourth-order valence-corrected chi connectivity index (χ4v) is 4.84. The predicted octanol–water partition coefficient (Wildman–Crippen LogP) is 1.84. The molecule has 0 aliphatic carbocycles. The van der Waals surface area contributed by atoms with Gasteiger partial charge in [0.25, 0.3) is 5.91 Å². The fraction of sp³-hybridized carbons (Fsp3) is 0.591. The van der Waals surface area contributed by atoms with Gasteiger partial charge in [-0.15, -0.1) is 0 Å². The molecule has 2 unspecified atom stereocenters. The lowest BCUT2D eigenvalue weighted by atomic mass is 9.87. The summed E-state index contributed by atoms with van der Waals surface area (Å²) in [5.41, 5.74) is 0. The van der Waals surface area contributed by atoms with E-state index in [1.54, 1.807) is 32.0 Å². The van der Waals surface area contributed by atoms with Crippen LogP contribution in [0.25, 0.3) is 0 Å². The Morgan fingerprint density at radius 3 is 2.48 bits per heavy atom. The third-order valence-electron chi connectivity index (χ3n) is 5.23. The Kier molecular flexibility index (Phi) is 9.80. The zero-order valence-corrected chi connectivity index (χ0v) is 18.9. The molecule has 1 heterocycles. The van der Waals surface area contributed by atoms with E-state index in [1.165, 1.54) is 12.1 Å². The van der Waals surface area contributed by atoms with Crippen molar-refractivity contribution in [2.45, 2.75) is 56.9 Å². The van der Waals surface area contributed by atoms with Crippen LogP contribution < -0.4 is 10.0 Å². The highest BCUT2D eigenvalue weighted by molar-refractivity contribution is 7.89. The lowest BCUT2D eigenvalue weighted by Gasteiger charge is -2.23. The van der Waals surface area contributed by atoms with Crippen molar-refractivity contribution in [3.8, 4) is 0 Å². The first-order chi connectivity index (χ1) is 14.7. The van der Waals surface area contributed by atoms with E-state index in [-0.39, 0.29) is 17.2 Å². The molecule has 1 aliphatic rings. The zero-order valence-electron chi connectivity index (χ0n) is 18.1. The first-order valence-corrected chi connectivity index (χ1v) is 12.2. The van der Waals surface area contributed by atoms with Crippen molar-refractivity contribution >= 4 is 27.5 Å². The average Bonchev–Trinajstić information content (AvgIpc) is 2.74. The summed E-state index contributed by atoms with van der Waals surface area (Å²) >= 11 is 0. The number of hydrogen-bond donors (Lipinski definition) is 2. The topological polar surface area (TPSA) is 119 Å². The molecule has 0 radical (unpaired) electrons. The van der Waals surface area contributed by atoms with E-state index in [1.807, 2.05) is 0 Å². The van der Waals surface area contributed by atoms with Gasteiger partial charge < -0.3 is 10.1 Å². The van der Waals surface area contributed by atoms with Gasteiger partial charge in [0.2, 0.25) is 15.8 Å². The Morgan fingerprint density at radius 1 is 1.13 bits per heavy atom. The van der Waals surface area contributed by atoms with Crippen molar-refractivity contribution < 1.29 is 27.5 Å². The molecular weight excluding hydrogens is 420 g/mol. The van der Waals surface area contributed by atoms with E-state index in [4.69, 9.17) is 4.74 Å². The Hall–Kier alpha value is -2.10. The van der Waals surface area contributed by atoms with Gasteiger partial charge in [0.15, 0.2) is 5.78 Å². The molecule has 9 heteroatoms. The van der Waals surface area contributed by atoms with E-state index in [2.05, 4.69) is 10.0 Å². The lowest BCUT2D eigenvalue weighted by Crippen LogP contribution is -2.46. The normalized spacial score (nSPS) is 20.4. The van der Waals surface area contributed by atoms with E-state index in [0.29, 0.717) is 39.0 Å². The monoisotopic (exact) mass is 452 g/mol. The molecule has 2 rings (SSSR count). The number of carbonyl (C=O) groups is 3. The van der Waals surface area contributed by atoms with Gasteiger partial charge in [0.05, 0.1) is 10.9 Å². The van der Waals surface area contributed by atoms with Gasteiger partial charge in [-0.25, -0.2) is 13.1 Å². The SMILES string of the molecule is CC(C)C(NS(=O)(=O)c1ccccc1)C(=O)CC1CCCCOCCCNC(=O)C1=O. The highest BCUT2D eigenvalue weighted by Crippen LogP contribution is 2.20. The highest BCUT2D eigenvalue weighted by atomic mass is 32.2. The van der Waals surface area contributed by atoms with Gasteiger partial charge in [-0.2, -0.15) is 0 Å². The second-order valence-electron chi connectivity index (χ2n) is 8.11. The summed E-state index contributed by atoms with van der Waals surface area (Å²) in [7, 11) is -3.90. The van der Waals surface area contributed by atoms with Crippen LogP contribution in [0.3, 0.4) is 0 Å². The Labute approximate surface area is 184 Å². The van der Waals surface area contributed by atoms with Crippen LogP contribution in [-0.2, 0) is 29.1 Å². The molecule has 31 heavy (non-hydrogen) atoms. The standard InChI is InChI=1S/C22H32N2O6S/c1-16(2)20(24-31(28,29)18-10-4-3-5-11-18)19(25)15-17-9-6-7-13-30-14-8-12-23-22(27)21(17)26/h3-5,10-11,16-17,20,24H,6-9,12-15H2,1-2H3,(H,23,27). The van der Waals surface area contributed by atoms with Gasteiger partial charge in [-0.1, -0.05) is 38.5 Å². The first-order valence-electron chi connectivity index (χ1n) is 10.7. The minimum absolute atomic E-state index is 0.0647. The lowest BCUT2D eigenvalue weighted by molar-refractivity contribution is -0.141. The van der Waals surface area contributed by atoms with Crippen molar-refractivity contribution in [2.75, 3.05) is 19.8 Å². The Morgan fingerprint density at radius 2 is 1.81 bits per heavy atom. The largest absolute Gasteiger partial charge is 0.381 e. The van der Waals surface area contributed by atoms with Crippen LogP contribution in [0.2, 0.25) is 0 Å².